The van der Waals surface area contributed by atoms with Crippen LogP contribution in [-0.4, -0.2) is 42.8 Å². The van der Waals surface area contributed by atoms with E-state index in [1.807, 2.05) is 29.2 Å². The van der Waals surface area contributed by atoms with E-state index < -0.39 is 0 Å². The zero-order valence-corrected chi connectivity index (χ0v) is 13.3. The quantitative estimate of drug-likeness (QED) is 0.914. The van der Waals surface area contributed by atoms with Crippen molar-refractivity contribution in [2.75, 3.05) is 26.3 Å². The number of benzene rings is 1. The normalized spacial score (nSPS) is 27.7. The van der Waals surface area contributed by atoms with E-state index in [0.29, 0.717) is 26.3 Å². The number of para-hydroxylation sites is 1. The molecule has 120 valence electrons. The average molecular weight is 304 g/mol. The predicted octanol–water partition coefficient (Wildman–Crippen LogP) is 2.72. The van der Waals surface area contributed by atoms with Crippen LogP contribution in [0.2, 0.25) is 0 Å². The summed E-state index contributed by atoms with van der Waals surface area (Å²) in [7, 11) is 0. The van der Waals surface area contributed by atoms with Crippen LogP contribution in [0.1, 0.15) is 38.3 Å². The summed E-state index contributed by atoms with van der Waals surface area (Å²) < 4.78 is 11.4. The molecule has 1 aromatic carbocycles. The van der Waals surface area contributed by atoms with Crippen LogP contribution in [0.15, 0.2) is 24.3 Å². The lowest BCUT2D eigenvalue weighted by atomic mass is 10.00. The standard InChI is InChI=1S/C17H24N2O3/c1-3-17(2)12-19(9-11-22-17)16(20)18-14-8-10-21-15-7-5-4-6-13(14)15/h4-7,14H,3,8-12H2,1-2H3,(H,18,20)/t14-,17+/m1/s1. The maximum absolute atomic E-state index is 12.6. The lowest BCUT2D eigenvalue weighted by Gasteiger charge is -2.40. The van der Waals surface area contributed by atoms with E-state index in [1.165, 1.54) is 0 Å². The minimum Gasteiger partial charge on any atom is -0.493 e. The molecule has 0 spiro atoms. The van der Waals surface area contributed by atoms with E-state index in [2.05, 4.69) is 19.2 Å². The van der Waals surface area contributed by atoms with E-state index in [0.717, 1.165) is 24.2 Å². The van der Waals surface area contributed by atoms with Gasteiger partial charge in [0.05, 0.1) is 31.4 Å². The Morgan fingerprint density at radius 1 is 1.41 bits per heavy atom. The van der Waals surface area contributed by atoms with Crippen LogP contribution in [0.3, 0.4) is 0 Å². The number of urea groups is 1. The first-order valence-electron chi connectivity index (χ1n) is 8.02. The monoisotopic (exact) mass is 304 g/mol. The van der Waals surface area contributed by atoms with Crippen molar-refractivity contribution in [3.8, 4) is 5.75 Å². The first-order valence-corrected chi connectivity index (χ1v) is 8.02. The third-order valence-electron chi connectivity index (χ3n) is 4.63. The van der Waals surface area contributed by atoms with Crippen LogP contribution in [0, 0.1) is 0 Å². The molecule has 22 heavy (non-hydrogen) atoms. The molecule has 2 amide bonds. The number of rotatable bonds is 2. The summed E-state index contributed by atoms with van der Waals surface area (Å²) in [4.78, 5) is 14.5. The molecule has 0 radical (unpaired) electrons. The molecule has 1 saturated heterocycles. The Balaban J connectivity index is 1.68. The first-order chi connectivity index (χ1) is 10.6. The van der Waals surface area contributed by atoms with Crippen molar-refractivity contribution >= 4 is 6.03 Å². The topological polar surface area (TPSA) is 50.8 Å². The highest BCUT2D eigenvalue weighted by molar-refractivity contribution is 5.75. The van der Waals surface area contributed by atoms with E-state index >= 15 is 0 Å². The second-order valence-electron chi connectivity index (χ2n) is 6.25. The lowest BCUT2D eigenvalue weighted by molar-refractivity contribution is -0.0875. The lowest BCUT2D eigenvalue weighted by Crippen LogP contribution is -2.55. The number of ether oxygens (including phenoxy) is 2. The van der Waals surface area contributed by atoms with Crippen LogP contribution < -0.4 is 10.1 Å². The van der Waals surface area contributed by atoms with Gasteiger partial charge in [-0.15, -0.1) is 0 Å². The van der Waals surface area contributed by atoms with Gasteiger partial charge in [-0.1, -0.05) is 25.1 Å². The Hall–Kier alpha value is -1.75. The summed E-state index contributed by atoms with van der Waals surface area (Å²) in [6, 6.07) is 7.93. The largest absolute Gasteiger partial charge is 0.493 e. The number of carbonyl (C=O) groups excluding carboxylic acids is 1. The zero-order chi connectivity index (χ0) is 15.6. The minimum absolute atomic E-state index is 0.00956. The number of hydrogen-bond donors (Lipinski definition) is 1. The number of nitrogens with one attached hydrogen (secondary N) is 1. The van der Waals surface area contributed by atoms with Gasteiger partial charge in [-0.3, -0.25) is 0 Å². The van der Waals surface area contributed by atoms with Gasteiger partial charge in [-0.25, -0.2) is 4.79 Å². The highest BCUT2D eigenvalue weighted by Gasteiger charge is 2.33. The smallest absolute Gasteiger partial charge is 0.318 e. The molecule has 1 N–H and O–H groups in total. The molecule has 1 aromatic rings. The Kier molecular flexibility index (Phi) is 4.25. The molecule has 0 saturated carbocycles. The minimum atomic E-state index is -0.233. The molecular formula is C17H24N2O3. The summed E-state index contributed by atoms with van der Waals surface area (Å²) >= 11 is 0. The van der Waals surface area contributed by atoms with Gasteiger partial charge in [-0.05, 0) is 19.4 Å². The fourth-order valence-electron chi connectivity index (χ4n) is 3.05. The van der Waals surface area contributed by atoms with E-state index in [9.17, 15) is 4.79 Å². The van der Waals surface area contributed by atoms with Gasteiger partial charge in [0.15, 0.2) is 0 Å². The molecule has 3 rings (SSSR count). The molecule has 0 aliphatic carbocycles. The SMILES string of the molecule is CC[C@@]1(C)CN(C(=O)N[C@@H]2CCOc3ccccc32)CCO1. The fourth-order valence-corrected chi connectivity index (χ4v) is 3.05. The van der Waals surface area contributed by atoms with E-state index in [-0.39, 0.29) is 17.7 Å². The van der Waals surface area contributed by atoms with Crippen LogP contribution >= 0.6 is 0 Å². The van der Waals surface area contributed by atoms with E-state index in [1.54, 1.807) is 0 Å². The number of morpholine rings is 1. The number of fused-ring (bicyclic) bond motifs is 1. The number of hydrogen-bond acceptors (Lipinski definition) is 3. The molecule has 0 bridgehead atoms. The number of amides is 2. The predicted molar refractivity (Wildman–Crippen MR) is 84.0 cm³/mol. The third kappa shape index (κ3) is 3.04. The van der Waals surface area contributed by atoms with Crippen LogP contribution in [-0.2, 0) is 4.74 Å². The third-order valence-corrected chi connectivity index (χ3v) is 4.63. The fraction of sp³-hybridized carbons (Fsp3) is 0.588. The van der Waals surface area contributed by atoms with Crippen molar-refractivity contribution in [2.45, 2.75) is 38.3 Å². The molecule has 2 aliphatic rings. The summed E-state index contributed by atoms with van der Waals surface area (Å²) in [5.74, 6) is 0.874. The highest BCUT2D eigenvalue weighted by atomic mass is 16.5. The molecule has 0 aromatic heterocycles. The van der Waals surface area contributed by atoms with Gasteiger partial charge in [0.1, 0.15) is 5.75 Å². The second-order valence-corrected chi connectivity index (χ2v) is 6.25. The molecule has 5 heteroatoms. The van der Waals surface area contributed by atoms with Gasteiger partial charge in [0.25, 0.3) is 0 Å². The zero-order valence-electron chi connectivity index (χ0n) is 13.3. The molecule has 2 heterocycles. The van der Waals surface area contributed by atoms with Crippen molar-refractivity contribution in [3.63, 3.8) is 0 Å². The Morgan fingerprint density at radius 2 is 2.23 bits per heavy atom. The summed E-state index contributed by atoms with van der Waals surface area (Å²) in [5.41, 5.74) is 0.831. The molecule has 1 fully saturated rings. The van der Waals surface area contributed by atoms with Gasteiger partial charge in [0, 0.05) is 18.5 Å². The van der Waals surface area contributed by atoms with Crippen LogP contribution in [0.25, 0.3) is 0 Å². The van der Waals surface area contributed by atoms with Crippen LogP contribution in [0.5, 0.6) is 5.75 Å². The maximum atomic E-state index is 12.6. The molecule has 2 aliphatic heterocycles. The molecule has 2 atom stereocenters. The van der Waals surface area contributed by atoms with Gasteiger partial charge in [-0.2, -0.15) is 0 Å². The van der Waals surface area contributed by atoms with Crippen molar-refractivity contribution in [1.82, 2.24) is 10.2 Å². The number of nitrogens with zero attached hydrogens (tertiary/aromatic N) is 1. The summed E-state index contributed by atoms with van der Waals surface area (Å²) in [6.45, 7) is 6.68. The second kappa shape index (κ2) is 6.16. The van der Waals surface area contributed by atoms with Crippen LogP contribution in [0.4, 0.5) is 4.79 Å². The highest BCUT2D eigenvalue weighted by Crippen LogP contribution is 2.31. The summed E-state index contributed by atoms with van der Waals surface area (Å²) in [5, 5.41) is 3.16. The molecule has 0 unspecified atom stereocenters. The van der Waals surface area contributed by atoms with Gasteiger partial charge in [0.2, 0.25) is 0 Å². The van der Waals surface area contributed by atoms with Crippen molar-refractivity contribution in [2.24, 2.45) is 0 Å². The first kappa shape index (κ1) is 15.2. The molecule has 5 nitrogen and oxygen atoms in total. The van der Waals surface area contributed by atoms with Gasteiger partial charge < -0.3 is 19.7 Å². The Labute approximate surface area is 131 Å². The van der Waals surface area contributed by atoms with Gasteiger partial charge >= 0.3 is 6.03 Å². The van der Waals surface area contributed by atoms with Crippen molar-refractivity contribution in [3.05, 3.63) is 29.8 Å². The Morgan fingerprint density at radius 3 is 3.05 bits per heavy atom. The maximum Gasteiger partial charge on any atom is 0.318 e. The van der Waals surface area contributed by atoms with E-state index in [4.69, 9.17) is 9.47 Å². The van der Waals surface area contributed by atoms with Crippen molar-refractivity contribution < 1.29 is 14.3 Å². The average Bonchev–Trinajstić information content (AvgIpc) is 2.55. The summed E-state index contributed by atoms with van der Waals surface area (Å²) in [6.07, 6.45) is 1.70. The Bertz CT molecular complexity index is 548. The molecular weight excluding hydrogens is 280 g/mol. The van der Waals surface area contributed by atoms with Crippen molar-refractivity contribution in [1.29, 1.82) is 0 Å². The number of carbonyl (C=O) groups is 1.